The van der Waals surface area contributed by atoms with Crippen molar-refractivity contribution in [1.29, 1.82) is 0 Å². The Balaban J connectivity index is 1.14. The average Bonchev–Trinajstić information content (AvgIpc) is 3.82. The number of thiophene rings is 1. The highest BCUT2D eigenvalue weighted by Crippen LogP contribution is 2.44. The van der Waals surface area contributed by atoms with Gasteiger partial charge in [-0.3, -0.25) is 0 Å². The highest BCUT2D eigenvalue weighted by Gasteiger charge is 2.21. The average molecular weight is 707 g/mol. The number of rotatable bonds is 5. The number of hydrogen-bond acceptors (Lipinski definition) is 5. The fourth-order valence-corrected chi connectivity index (χ4v) is 8.69. The second-order valence-corrected chi connectivity index (χ2v) is 14.5. The van der Waals surface area contributed by atoms with Gasteiger partial charge >= 0.3 is 0 Å². The zero-order valence-corrected chi connectivity index (χ0v) is 30.1. The van der Waals surface area contributed by atoms with E-state index in [0.29, 0.717) is 28.6 Å². The summed E-state index contributed by atoms with van der Waals surface area (Å²) in [5, 5.41) is 4.48. The fraction of sp³-hybridized carbons (Fsp3) is 0. The first-order valence-electron chi connectivity index (χ1n) is 17.6. The van der Waals surface area contributed by atoms with E-state index >= 15 is 0 Å². The van der Waals surface area contributed by atoms with Crippen LogP contribution in [0.5, 0.6) is 0 Å². The van der Waals surface area contributed by atoms with E-state index in [1.54, 1.807) is 11.3 Å². The molecule has 0 aliphatic rings. The second-order valence-electron chi connectivity index (χ2n) is 13.4. The molecule has 55 heavy (non-hydrogen) atoms. The van der Waals surface area contributed by atoms with Gasteiger partial charge in [-0.1, -0.05) is 132 Å². The van der Waals surface area contributed by atoms with Crippen LogP contribution in [0, 0.1) is 0 Å². The first kappa shape index (κ1) is 33.5. The SMILES string of the molecule is [B]c1c([B])c([B])c(-c2ccc(-c3nc(-c4ccccc4)nc(-c4cccc5c4oc4c(-c6cccc7c6sc6ccccc67)cccc45)n3)cc2)c([B])c1[B]. The monoisotopic (exact) mass is 707 g/mol. The number of aromatic nitrogens is 3. The van der Waals surface area contributed by atoms with E-state index in [1.807, 2.05) is 66.7 Å². The maximum atomic E-state index is 6.90. The molecular weight excluding hydrogens is 685 g/mol. The molecule has 10 radical (unpaired) electrons. The number of nitrogens with zero attached hydrogens (tertiary/aromatic N) is 3. The van der Waals surface area contributed by atoms with Gasteiger partial charge in [-0.25, -0.2) is 15.0 Å². The lowest BCUT2D eigenvalue weighted by atomic mass is 9.59. The lowest BCUT2D eigenvalue weighted by Gasteiger charge is -2.21. The van der Waals surface area contributed by atoms with Crippen molar-refractivity contribution in [3.05, 3.63) is 133 Å². The van der Waals surface area contributed by atoms with E-state index in [4.69, 9.17) is 58.6 Å². The minimum Gasteiger partial charge on any atom is -0.455 e. The maximum Gasteiger partial charge on any atom is 0.167 e. The van der Waals surface area contributed by atoms with Crippen molar-refractivity contribution in [1.82, 2.24) is 15.0 Å². The summed E-state index contributed by atoms with van der Waals surface area (Å²) < 4.78 is 9.39. The van der Waals surface area contributed by atoms with Crippen LogP contribution in [0.15, 0.2) is 138 Å². The first-order chi connectivity index (χ1) is 26.9. The minimum absolute atomic E-state index is 0.172. The quantitative estimate of drug-likeness (QED) is 0.194. The van der Waals surface area contributed by atoms with Gasteiger partial charge in [-0.2, -0.15) is 0 Å². The van der Waals surface area contributed by atoms with Crippen molar-refractivity contribution in [3.8, 4) is 56.4 Å². The number of fused-ring (bicyclic) bond motifs is 6. The van der Waals surface area contributed by atoms with Crippen molar-refractivity contribution in [2.75, 3.05) is 0 Å². The molecule has 0 fully saturated rings. The van der Waals surface area contributed by atoms with Gasteiger partial charge in [-0.05, 0) is 23.3 Å². The van der Waals surface area contributed by atoms with Crippen LogP contribution in [-0.4, -0.2) is 54.2 Å². The number of furan rings is 1. The molecule has 0 bridgehead atoms. The van der Waals surface area contributed by atoms with Gasteiger partial charge in [-0.15, -0.1) is 27.7 Å². The number of benzene rings is 7. The molecule has 3 heterocycles. The molecule has 0 spiro atoms. The van der Waals surface area contributed by atoms with Crippen molar-refractivity contribution < 1.29 is 4.42 Å². The Hall–Kier alpha value is -6.11. The normalized spacial score (nSPS) is 11.6. The maximum absolute atomic E-state index is 6.90. The van der Waals surface area contributed by atoms with Crippen LogP contribution < -0.4 is 27.3 Å². The lowest BCUT2D eigenvalue weighted by molar-refractivity contribution is 0.670. The van der Waals surface area contributed by atoms with E-state index < -0.39 is 0 Å². The summed E-state index contributed by atoms with van der Waals surface area (Å²) >= 11 is 1.80. The molecule has 0 N–H and O–H groups in total. The lowest BCUT2D eigenvalue weighted by Crippen LogP contribution is -2.55. The molecule has 0 amide bonds. The van der Waals surface area contributed by atoms with Crippen LogP contribution >= 0.6 is 11.3 Å². The van der Waals surface area contributed by atoms with E-state index in [0.717, 1.165) is 49.7 Å². The summed E-state index contributed by atoms with van der Waals surface area (Å²) in [4.78, 5) is 15.0. The largest absolute Gasteiger partial charge is 0.455 e. The summed E-state index contributed by atoms with van der Waals surface area (Å²) in [6.45, 7) is 0. The molecule has 10 heteroatoms. The van der Waals surface area contributed by atoms with Crippen LogP contribution in [-0.2, 0) is 0 Å². The van der Waals surface area contributed by atoms with E-state index in [2.05, 4.69) is 66.7 Å². The predicted molar refractivity (Wildman–Crippen MR) is 234 cm³/mol. The third-order valence-corrected chi connectivity index (χ3v) is 11.5. The summed E-state index contributed by atoms with van der Waals surface area (Å²) in [5.74, 6) is 1.50. The van der Waals surface area contributed by atoms with Crippen molar-refractivity contribution >= 4 is 120 Å². The van der Waals surface area contributed by atoms with Gasteiger partial charge < -0.3 is 4.42 Å². The van der Waals surface area contributed by atoms with Crippen molar-refractivity contribution in [3.63, 3.8) is 0 Å². The third kappa shape index (κ3) is 5.38. The van der Waals surface area contributed by atoms with Crippen LogP contribution in [0.25, 0.3) is 98.5 Å². The fourth-order valence-electron chi connectivity index (χ4n) is 7.46. The highest BCUT2D eigenvalue weighted by molar-refractivity contribution is 7.26. The van der Waals surface area contributed by atoms with Crippen molar-refractivity contribution in [2.45, 2.75) is 0 Å². The van der Waals surface area contributed by atoms with Gasteiger partial charge in [0.15, 0.2) is 17.5 Å². The molecule has 0 aliphatic heterocycles. The topological polar surface area (TPSA) is 51.8 Å². The molecule has 244 valence electrons. The van der Waals surface area contributed by atoms with Crippen LogP contribution in [0.3, 0.4) is 0 Å². The highest BCUT2D eigenvalue weighted by atomic mass is 32.1. The zero-order chi connectivity index (χ0) is 37.4. The summed E-state index contributed by atoms with van der Waals surface area (Å²) in [6, 6.07) is 44.9. The molecule has 0 atom stereocenters. The standard InChI is InChI=1S/C45H22B5N3OS/c46-35-34(36(47)38(49)39(50)37(35)48)23-19-21-25(22-20-23)44-51-43(24-9-2-1-3-10-24)52-45(53-44)32-17-7-13-28-27-12-6-14-29(40(27)54-41(28)32)31-16-8-15-30-26-11-4-5-18-33(26)55-42(30)31/h1-22H. The minimum atomic E-state index is 0.172. The number of hydrogen-bond donors (Lipinski definition) is 0. The molecule has 0 aliphatic carbocycles. The van der Waals surface area contributed by atoms with Crippen LogP contribution in [0.1, 0.15) is 0 Å². The van der Waals surface area contributed by atoms with E-state index in [-0.39, 0.29) is 27.3 Å². The Morgan fingerprint density at radius 1 is 0.382 bits per heavy atom. The Labute approximate surface area is 327 Å². The molecular formula is C45H22B5N3OS. The summed E-state index contributed by atoms with van der Waals surface area (Å²) in [7, 11) is 31.1. The molecule has 4 nitrogen and oxygen atoms in total. The second kappa shape index (κ2) is 13.0. The molecule has 0 saturated carbocycles. The summed E-state index contributed by atoms with van der Waals surface area (Å²) in [6.07, 6.45) is 0. The molecule has 7 aromatic carbocycles. The molecule has 0 unspecified atom stereocenters. The van der Waals surface area contributed by atoms with E-state index in [9.17, 15) is 0 Å². The van der Waals surface area contributed by atoms with Gasteiger partial charge in [0, 0.05) is 53.2 Å². The third-order valence-electron chi connectivity index (χ3n) is 10.3. The first-order valence-corrected chi connectivity index (χ1v) is 18.5. The van der Waals surface area contributed by atoms with Crippen molar-refractivity contribution in [2.24, 2.45) is 0 Å². The van der Waals surface area contributed by atoms with Gasteiger partial charge in [0.2, 0.25) is 0 Å². The Kier molecular flexibility index (Phi) is 7.93. The predicted octanol–water partition coefficient (Wildman–Crippen LogP) is 6.44. The zero-order valence-electron chi connectivity index (χ0n) is 29.2. The Bertz CT molecular complexity index is 3130. The van der Waals surface area contributed by atoms with E-state index in [1.165, 1.54) is 20.2 Å². The Morgan fingerprint density at radius 2 is 0.873 bits per heavy atom. The van der Waals surface area contributed by atoms with Gasteiger partial charge in [0.1, 0.15) is 50.4 Å². The molecule has 10 rings (SSSR count). The van der Waals surface area contributed by atoms with Crippen LogP contribution in [0.2, 0.25) is 0 Å². The van der Waals surface area contributed by atoms with Crippen LogP contribution in [0.4, 0.5) is 0 Å². The Morgan fingerprint density at radius 3 is 1.56 bits per heavy atom. The molecule has 0 saturated heterocycles. The smallest absolute Gasteiger partial charge is 0.167 e. The molecule has 10 aromatic rings. The summed E-state index contributed by atoms with van der Waals surface area (Å²) in [5.41, 5.74) is 8.41. The number of para-hydroxylation sites is 2. The molecule has 3 aromatic heterocycles. The van der Waals surface area contributed by atoms with Gasteiger partial charge in [0.05, 0.1) is 5.56 Å². The van der Waals surface area contributed by atoms with Gasteiger partial charge in [0.25, 0.3) is 0 Å².